The van der Waals surface area contributed by atoms with Crippen LogP contribution in [0.4, 0.5) is 0 Å². The van der Waals surface area contributed by atoms with E-state index in [4.69, 9.17) is 4.84 Å². The van der Waals surface area contributed by atoms with Crippen LogP contribution in [0.25, 0.3) is 6.08 Å². The molecule has 0 radical (unpaired) electrons. The zero-order chi connectivity index (χ0) is 10.6. The molecular weight excluding hydrogens is 266 g/mol. The number of carbonyl (C=O) groups is 1. The van der Waals surface area contributed by atoms with E-state index in [1.807, 2.05) is 12.1 Å². The summed E-state index contributed by atoms with van der Waals surface area (Å²) in [5.41, 5.74) is 0. The van der Waals surface area contributed by atoms with E-state index in [1.54, 1.807) is 24.5 Å². The van der Waals surface area contributed by atoms with Gasteiger partial charge >= 0.3 is 0 Å². The molecule has 1 aromatic rings. The largest absolute Gasteiger partial charge is 0.274 e. The first-order valence-electron chi connectivity index (χ1n) is 3.88. The van der Waals surface area contributed by atoms with Crippen molar-refractivity contribution in [3.8, 4) is 0 Å². The van der Waals surface area contributed by atoms with Crippen LogP contribution in [0.3, 0.4) is 0 Å². The maximum atomic E-state index is 11.3. The van der Waals surface area contributed by atoms with Gasteiger partial charge in [0.25, 0.3) is 5.91 Å². The molecule has 1 amide bonds. The molecule has 0 aliphatic carbocycles. The fourth-order valence-corrected chi connectivity index (χ4v) is 2.09. The maximum absolute atomic E-state index is 11.3. The van der Waals surface area contributed by atoms with Crippen molar-refractivity contribution < 1.29 is 9.63 Å². The van der Waals surface area contributed by atoms with Crippen LogP contribution >= 0.6 is 27.3 Å². The van der Waals surface area contributed by atoms with Crippen molar-refractivity contribution in [3.05, 3.63) is 26.9 Å². The van der Waals surface area contributed by atoms with Crippen LogP contribution in [0.1, 0.15) is 4.88 Å². The second-order valence-electron chi connectivity index (χ2n) is 2.49. The summed E-state index contributed by atoms with van der Waals surface area (Å²) >= 11 is 4.91. The van der Waals surface area contributed by atoms with E-state index in [0.717, 1.165) is 8.66 Å². The van der Waals surface area contributed by atoms with Gasteiger partial charge in [0.15, 0.2) is 0 Å². The first-order valence-corrected chi connectivity index (χ1v) is 5.49. The molecule has 5 heteroatoms. The number of thiophene rings is 1. The standard InChI is InChI=1S/C9H10BrNO2S/c1-11(13-2)9(12)6-4-7-3-5-8(10)14-7/h3-6H,1-2H3/b6-4+. The van der Waals surface area contributed by atoms with Gasteiger partial charge in [0, 0.05) is 18.0 Å². The lowest BCUT2D eigenvalue weighted by Gasteiger charge is -2.09. The minimum atomic E-state index is -0.183. The molecule has 76 valence electrons. The van der Waals surface area contributed by atoms with Gasteiger partial charge in [-0.25, -0.2) is 5.06 Å². The highest BCUT2D eigenvalue weighted by Crippen LogP contribution is 2.22. The molecule has 0 bridgehead atoms. The molecule has 0 aromatic carbocycles. The minimum absolute atomic E-state index is 0.183. The summed E-state index contributed by atoms with van der Waals surface area (Å²) in [5.74, 6) is -0.183. The molecule has 0 unspecified atom stereocenters. The molecule has 3 nitrogen and oxygen atoms in total. The lowest BCUT2D eigenvalue weighted by molar-refractivity contribution is -0.162. The number of halogens is 1. The lowest BCUT2D eigenvalue weighted by atomic mass is 10.4. The Bertz CT molecular complexity index is 348. The Labute approximate surface area is 95.1 Å². The molecule has 1 aromatic heterocycles. The molecule has 1 heterocycles. The van der Waals surface area contributed by atoms with Crippen molar-refractivity contribution in [1.82, 2.24) is 5.06 Å². The van der Waals surface area contributed by atoms with E-state index in [9.17, 15) is 4.79 Å². The van der Waals surface area contributed by atoms with Gasteiger partial charge in [0.05, 0.1) is 10.9 Å². The number of rotatable bonds is 3. The number of nitrogens with zero attached hydrogens (tertiary/aromatic N) is 1. The zero-order valence-electron chi connectivity index (χ0n) is 7.86. The number of hydrogen-bond donors (Lipinski definition) is 0. The molecule has 0 aliphatic heterocycles. The maximum Gasteiger partial charge on any atom is 0.269 e. The Morgan fingerprint density at radius 3 is 2.86 bits per heavy atom. The third-order valence-electron chi connectivity index (χ3n) is 1.57. The molecular formula is C9H10BrNO2S. The van der Waals surface area contributed by atoms with E-state index in [-0.39, 0.29) is 5.91 Å². The van der Waals surface area contributed by atoms with E-state index in [0.29, 0.717) is 0 Å². The van der Waals surface area contributed by atoms with Gasteiger partial charge in [0.2, 0.25) is 0 Å². The predicted molar refractivity (Wildman–Crippen MR) is 60.8 cm³/mol. The highest BCUT2D eigenvalue weighted by molar-refractivity contribution is 9.11. The number of carbonyl (C=O) groups excluding carboxylic acids is 1. The summed E-state index contributed by atoms with van der Waals surface area (Å²) < 4.78 is 1.05. The van der Waals surface area contributed by atoms with Crippen molar-refractivity contribution in [2.24, 2.45) is 0 Å². The van der Waals surface area contributed by atoms with Crippen LogP contribution in [-0.4, -0.2) is 25.1 Å². The second kappa shape index (κ2) is 5.29. The molecule has 0 spiro atoms. The van der Waals surface area contributed by atoms with E-state index < -0.39 is 0 Å². The van der Waals surface area contributed by atoms with Crippen LogP contribution in [0, 0.1) is 0 Å². The van der Waals surface area contributed by atoms with Crippen LogP contribution < -0.4 is 0 Å². The van der Waals surface area contributed by atoms with Gasteiger partial charge < -0.3 is 0 Å². The van der Waals surface area contributed by atoms with Crippen LogP contribution in [0.15, 0.2) is 22.0 Å². The first kappa shape index (κ1) is 11.4. The lowest BCUT2D eigenvalue weighted by Crippen LogP contribution is -2.22. The van der Waals surface area contributed by atoms with Crippen molar-refractivity contribution >= 4 is 39.2 Å². The van der Waals surface area contributed by atoms with Gasteiger partial charge in [-0.05, 0) is 34.1 Å². The van der Waals surface area contributed by atoms with Gasteiger partial charge in [-0.1, -0.05) is 0 Å². The third-order valence-corrected chi connectivity index (χ3v) is 3.16. The highest BCUT2D eigenvalue weighted by Gasteiger charge is 2.02. The fourth-order valence-electron chi connectivity index (χ4n) is 0.766. The van der Waals surface area contributed by atoms with E-state index in [2.05, 4.69) is 15.9 Å². The number of hydrogen-bond acceptors (Lipinski definition) is 3. The van der Waals surface area contributed by atoms with Crippen LogP contribution in [-0.2, 0) is 9.63 Å². The SMILES string of the molecule is CON(C)C(=O)/C=C/c1ccc(Br)s1. The average molecular weight is 276 g/mol. The summed E-state index contributed by atoms with van der Waals surface area (Å²) in [6, 6.07) is 3.88. The number of likely N-dealkylation sites (N-methyl/N-ethyl adjacent to an activating group) is 1. The molecule has 0 atom stereocenters. The van der Waals surface area contributed by atoms with Crippen molar-refractivity contribution in [2.45, 2.75) is 0 Å². The summed E-state index contributed by atoms with van der Waals surface area (Å²) in [5, 5.41) is 1.17. The summed E-state index contributed by atoms with van der Waals surface area (Å²) in [7, 11) is 3.02. The van der Waals surface area contributed by atoms with Crippen molar-refractivity contribution in [1.29, 1.82) is 0 Å². The fraction of sp³-hybridized carbons (Fsp3) is 0.222. The average Bonchev–Trinajstić information content (AvgIpc) is 2.59. The Morgan fingerprint density at radius 1 is 1.64 bits per heavy atom. The molecule has 0 saturated heterocycles. The summed E-state index contributed by atoms with van der Waals surface area (Å²) in [4.78, 5) is 17.0. The number of amides is 1. The van der Waals surface area contributed by atoms with Gasteiger partial charge in [0.1, 0.15) is 0 Å². The highest BCUT2D eigenvalue weighted by atomic mass is 79.9. The molecule has 0 aliphatic rings. The molecule has 0 N–H and O–H groups in total. The Kier molecular flexibility index (Phi) is 4.31. The minimum Gasteiger partial charge on any atom is -0.274 e. The Hall–Kier alpha value is -0.650. The van der Waals surface area contributed by atoms with E-state index >= 15 is 0 Å². The van der Waals surface area contributed by atoms with Gasteiger partial charge in [-0.3, -0.25) is 9.63 Å². The normalized spacial score (nSPS) is 10.8. The summed E-state index contributed by atoms with van der Waals surface area (Å²) in [6.07, 6.45) is 3.23. The monoisotopic (exact) mass is 275 g/mol. The zero-order valence-corrected chi connectivity index (χ0v) is 10.3. The Balaban J connectivity index is 2.60. The first-order chi connectivity index (χ1) is 6.63. The summed E-state index contributed by atoms with van der Waals surface area (Å²) in [6.45, 7) is 0. The Morgan fingerprint density at radius 2 is 2.36 bits per heavy atom. The van der Waals surface area contributed by atoms with Crippen LogP contribution in [0.5, 0.6) is 0 Å². The van der Waals surface area contributed by atoms with Crippen molar-refractivity contribution in [2.75, 3.05) is 14.2 Å². The number of hydroxylamine groups is 2. The molecule has 0 fully saturated rings. The molecule has 1 rings (SSSR count). The van der Waals surface area contributed by atoms with Gasteiger partial charge in [-0.2, -0.15) is 0 Å². The quantitative estimate of drug-likeness (QED) is 0.627. The van der Waals surface area contributed by atoms with Crippen molar-refractivity contribution in [3.63, 3.8) is 0 Å². The predicted octanol–water partition coefficient (Wildman–Crippen LogP) is 2.54. The smallest absolute Gasteiger partial charge is 0.269 e. The topological polar surface area (TPSA) is 29.5 Å². The third kappa shape index (κ3) is 3.25. The molecule has 0 saturated carbocycles. The van der Waals surface area contributed by atoms with Crippen LogP contribution in [0.2, 0.25) is 0 Å². The molecule has 14 heavy (non-hydrogen) atoms. The van der Waals surface area contributed by atoms with Gasteiger partial charge in [-0.15, -0.1) is 11.3 Å². The van der Waals surface area contributed by atoms with E-state index in [1.165, 1.54) is 18.2 Å². The second-order valence-corrected chi connectivity index (χ2v) is 4.99.